The molecule has 2 aliphatic rings. The average Bonchev–Trinajstić information content (AvgIpc) is 3.09. The molecule has 2 aliphatic carbocycles. The molecule has 1 N–H and O–H groups in total. The summed E-state index contributed by atoms with van der Waals surface area (Å²) < 4.78 is 6.40. The van der Waals surface area contributed by atoms with Crippen molar-refractivity contribution in [1.82, 2.24) is 0 Å². The van der Waals surface area contributed by atoms with Crippen LogP contribution in [0.2, 0.25) is 18.1 Å². The standard InChI is InChI=1S/C18H26O3Si/c1-18(2,3)22(4,5)21-11-6-7-12-13(8-11)14-9-15(14)16(12)10-17(19)20/h6-8,14-16H,9-10H2,1-5H3,(H,19,20). The predicted molar refractivity (Wildman–Crippen MR) is 90.1 cm³/mol. The summed E-state index contributed by atoms with van der Waals surface area (Å²) >= 11 is 0. The highest BCUT2D eigenvalue weighted by Crippen LogP contribution is 2.64. The molecule has 1 fully saturated rings. The lowest BCUT2D eigenvalue weighted by Crippen LogP contribution is -2.43. The van der Waals surface area contributed by atoms with Crippen molar-refractivity contribution < 1.29 is 14.3 Å². The molecule has 3 nitrogen and oxygen atoms in total. The number of rotatable bonds is 4. The molecular formula is C18H26O3Si. The fourth-order valence-electron chi connectivity index (χ4n) is 3.42. The predicted octanol–water partition coefficient (Wildman–Crippen LogP) is 4.75. The maximum atomic E-state index is 11.1. The number of hydrogen-bond donors (Lipinski definition) is 1. The van der Waals surface area contributed by atoms with Crippen LogP contribution in [0.1, 0.15) is 56.6 Å². The van der Waals surface area contributed by atoms with Crippen LogP contribution in [0.3, 0.4) is 0 Å². The van der Waals surface area contributed by atoms with Gasteiger partial charge in [-0.1, -0.05) is 26.8 Å². The molecule has 0 saturated heterocycles. The second-order valence-electron chi connectivity index (χ2n) is 8.36. The fourth-order valence-corrected chi connectivity index (χ4v) is 4.44. The second-order valence-corrected chi connectivity index (χ2v) is 13.1. The van der Waals surface area contributed by atoms with Gasteiger partial charge in [0.1, 0.15) is 5.75 Å². The summed E-state index contributed by atoms with van der Waals surface area (Å²) in [6.07, 6.45) is 1.41. The van der Waals surface area contributed by atoms with Gasteiger partial charge in [0.2, 0.25) is 8.32 Å². The van der Waals surface area contributed by atoms with E-state index in [0.717, 1.165) is 12.2 Å². The molecule has 3 atom stereocenters. The second kappa shape index (κ2) is 4.85. The molecule has 0 aromatic heterocycles. The Hall–Kier alpha value is -1.29. The summed E-state index contributed by atoms with van der Waals surface area (Å²) in [6.45, 7) is 11.2. The Balaban J connectivity index is 1.84. The third-order valence-electron chi connectivity index (χ3n) is 5.79. The van der Waals surface area contributed by atoms with Gasteiger partial charge in [0.05, 0.1) is 6.42 Å². The summed E-state index contributed by atoms with van der Waals surface area (Å²) in [6, 6.07) is 6.33. The number of carboxylic acid groups (broad SMARTS) is 1. The van der Waals surface area contributed by atoms with E-state index in [9.17, 15) is 4.79 Å². The van der Waals surface area contributed by atoms with Crippen LogP contribution in [0.15, 0.2) is 18.2 Å². The number of benzene rings is 1. The molecule has 1 saturated carbocycles. The largest absolute Gasteiger partial charge is 0.543 e. The van der Waals surface area contributed by atoms with E-state index in [2.05, 4.69) is 46.0 Å². The fraction of sp³-hybridized carbons (Fsp3) is 0.611. The number of aliphatic carboxylic acids is 1. The Morgan fingerprint density at radius 1 is 1.32 bits per heavy atom. The molecule has 0 bridgehead atoms. The van der Waals surface area contributed by atoms with Crippen LogP contribution < -0.4 is 4.43 Å². The van der Waals surface area contributed by atoms with E-state index < -0.39 is 14.3 Å². The molecule has 120 valence electrons. The first-order valence-electron chi connectivity index (χ1n) is 8.15. The third-order valence-corrected chi connectivity index (χ3v) is 10.1. The molecule has 0 amide bonds. The monoisotopic (exact) mass is 318 g/mol. The van der Waals surface area contributed by atoms with Crippen LogP contribution in [0.25, 0.3) is 0 Å². The van der Waals surface area contributed by atoms with Gasteiger partial charge in [0, 0.05) is 0 Å². The quantitative estimate of drug-likeness (QED) is 0.815. The van der Waals surface area contributed by atoms with E-state index in [1.54, 1.807) is 0 Å². The summed E-state index contributed by atoms with van der Waals surface area (Å²) in [7, 11) is -1.82. The zero-order chi connectivity index (χ0) is 16.3. The molecular weight excluding hydrogens is 292 g/mol. The van der Waals surface area contributed by atoms with Crippen molar-refractivity contribution in [2.24, 2.45) is 5.92 Å². The van der Waals surface area contributed by atoms with Crippen LogP contribution in [-0.2, 0) is 4.79 Å². The molecule has 1 aromatic rings. The average molecular weight is 318 g/mol. The number of hydrogen-bond acceptors (Lipinski definition) is 2. The molecule has 0 aliphatic heterocycles. The highest BCUT2D eigenvalue weighted by atomic mass is 28.4. The van der Waals surface area contributed by atoms with E-state index in [1.165, 1.54) is 11.1 Å². The highest BCUT2D eigenvalue weighted by Gasteiger charge is 2.52. The smallest absolute Gasteiger partial charge is 0.303 e. The molecule has 0 spiro atoms. The van der Waals surface area contributed by atoms with Gasteiger partial charge in [0.25, 0.3) is 0 Å². The molecule has 3 unspecified atom stereocenters. The van der Waals surface area contributed by atoms with Crippen molar-refractivity contribution in [3.63, 3.8) is 0 Å². The van der Waals surface area contributed by atoms with Gasteiger partial charge in [-0.25, -0.2) is 0 Å². The van der Waals surface area contributed by atoms with E-state index in [4.69, 9.17) is 9.53 Å². The van der Waals surface area contributed by atoms with Crippen molar-refractivity contribution in [2.45, 2.75) is 63.6 Å². The minimum atomic E-state index is -1.82. The van der Waals surface area contributed by atoms with E-state index in [1.807, 2.05) is 6.07 Å². The van der Waals surface area contributed by atoms with E-state index in [-0.39, 0.29) is 17.4 Å². The van der Waals surface area contributed by atoms with Gasteiger partial charge in [-0.15, -0.1) is 0 Å². The van der Waals surface area contributed by atoms with Crippen LogP contribution in [-0.4, -0.2) is 19.4 Å². The van der Waals surface area contributed by atoms with Crippen molar-refractivity contribution in [3.8, 4) is 5.75 Å². The summed E-state index contributed by atoms with van der Waals surface area (Å²) in [5, 5.41) is 9.29. The van der Waals surface area contributed by atoms with Crippen LogP contribution in [0, 0.1) is 5.92 Å². The molecule has 1 aromatic carbocycles. The molecule has 0 radical (unpaired) electrons. The Morgan fingerprint density at radius 2 is 2.00 bits per heavy atom. The lowest BCUT2D eigenvalue weighted by molar-refractivity contribution is -0.137. The zero-order valence-corrected chi connectivity index (χ0v) is 15.1. The van der Waals surface area contributed by atoms with Gasteiger partial charge >= 0.3 is 5.97 Å². The SMILES string of the molecule is CC(C)(C)[Si](C)(C)Oc1ccc2c(c1)C1CC1C2CC(=O)O. The van der Waals surface area contributed by atoms with Crippen LogP contribution in [0.4, 0.5) is 0 Å². The topological polar surface area (TPSA) is 46.5 Å². The Bertz CT molecular complexity index is 615. The molecule has 3 rings (SSSR count). The Labute approximate surface area is 133 Å². The number of carboxylic acids is 1. The first kappa shape index (κ1) is 15.6. The maximum absolute atomic E-state index is 11.1. The maximum Gasteiger partial charge on any atom is 0.303 e. The zero-order valence-electron chi connectivity index (χ0n) is 14.1. The number of fused-ring (bicyclic) bond motifs is 3. The Morgan fingerprint density at radius 3 is 2.59 bits per heavy atom. The number of carbonyl (C=O) groups is 1. The van der Waals surface area contributed by atoms with Gasteiger partial charge < -0.3 is 9.53 Å². The van der Waals surface area contributed by atoms with E-state index >= 15 is 0 Å². The van der Waals surface area contributed by atoms with Gasteiger partial charge in [-0.05, 0) is 65.6 Å². The third kappa shape index (κ3) is 2.58. The lowest BCUT2D eigenvalue weighted by atomic mass is 9.93. The molecule has 22 heavy (non-hydrogen) atoms. The normalized spacial score (nSPS) is 26.3. The Kier molecular flexibility index (Phi) is 3.44. The summed E-state index contributed by atoms with van der Waals surface area (Å²) in [4.78, 5) is 11.1. The van der Waals surface area contributed by atoms with Crippen LogP contribution in [0.5, 0.6) is 5.75 Å². The summed E-state index contributed by atoms with van der Waals surface area (Å²) in [5.74, 6) is 1.60. The first-order valence-corrected chi connectivity index (χ1v) is 11.1. The minimum Gasteiger partial charge on any atom is -0.543 e. The van der Waals surface area contributed by atoms with E-state index in [0.29, 0.717) is 11.8 Å². The van der Waals surface area contributed by atoms with Crippen molar-refractivity contribution >= 4 is 14.3 Å². The lowest BCUT2D eigenvalue weighted by Gasteiger charge is -2.36. The van der Waals surface area contributed by atoms with Crippen molar-refractivity contribution in [2.75, 3.05) is 0 Å². The van der Waals surface area contributed by atoms with Gasteiger partial charge in [-0.2, -0.15) is 0 Å². The summed E-state index contributed by atoms with van der Waals surface area (Å²) in [5.41, 5.74) is 2.58. The molecule has 4 heteroatoms. The van der Waals surface area contributed by atoms with Crippen molar-refractivity contribution in [1.29, 1.82) is 0 Å². The van der Waals surface area contributed by atoms with Gasteiger partial charge in [0.15, 0.2) is 0 Å². The van der Waals surface area contributed by atoms with Crippen LogP contribution >= 0.6 is 0 Å². The highest BCUT2D eigenvalue weighted by molar-refractivity contribution is 6.74. The minimum absolute atomic E-state index is 0.181. The molecule has 0 heterocycles. The van der Waals surface area contributed by atoms with Gasteiger partial charge in [-0.3, -0.25) is 4.79 Å². The van der Waals surface area contributed by atoms with Crippen molar-refractivity contribution in [3.05, 3.63) is 29.3 Å². The first-order chi connectivity index (χ1) is 10.1.